The second-order valence-electron chi connectivity index (χ2n) is 8.48. The van der Waals surface area contributed by atoms with Crippen molar-refractivity contribution in [1.29, 1.82) is 0 Å². The SMILES string of the molecule is COc1ccccc1CN1CCC(NC(=O)Cc2sc(C)nc2-c2ccc(C)cc2)CC1. The molecule has 0 spiro atoms. The molecule has 0 aliphatic carbocycles. The van der Waals surface area contributed by atoms with E-state index in [2.05, 4.69) is 53.5 Å². The number of benzene rings is 2. The van der Waals surface area contributed by atoms with Crippen LogP contribution < -0.4 is 10.1 Å². The predicted octanol–water partition coefficient (Wildman–Crippen LogP) is 4.76. The highest BCUT2D eigenvalue weighted by Gasteiger charge is 2.22. The van der Waals surface area contributed by atoms with Gasteiger partial charge in [-0.25, -0.2) is 4.98 Å². The predicted molar refractivity (Wildman–Crippen MR) is 130 cm³/mol. The summed E-state index contributed by atoms with van der Waals surface area (Å²) in [6, 6.07) is 16.8. The molecule has 1 fully saturated rings. The number of piperidine rings is 1. The molecule has 32 heavy (non-hydrogen) atoms. The van der Waals surface area contributed by atoms with Crippen molar-refractivity contribution >= 4 is 17.2 Å². The number of hydrogen-bond donors (Lipinski definition) is 1. The smallest absolute Gasteiger partial charge is 0.225 e. The first-order valence-electron chi connectivity index (χ1n) is 11.2. The first kappa shape index (κ1) is 22.5. The number of carbonyl (C=O) groups excluding carboxylic acids is 1. The molecule has 168 valence electrons. The zero-order valence-electron chi connectivity index (χ0n) is 19.1. The molecular weight excluding hydrogens is 418 g/mol. The second-order valence-corrected chi connectivity index (χ2v) is 9.76. The first-order chi connectivity index (χ1) is 15.5. The van der Waals surface area contributed by atoms with Crippen LogP contribution in [-0.2, 0) is 17.8 Å². The van der Waals surface area contributed by atoms with Gasteiger partial charge in [-0.1, -0.05) is 48.0 Å². The molecule has 0 atom stereocenters. The molecular formula is C26H31N3O2S. The summed E-state index contributed by atoms with van der Waals surface area (Å²) < 4.78 is 5.48. The Morgan fingerprint density at radius 2 is 1.84 bits per heavy atom. The van der Waals surface area contributed by atoms with Crippen LogP contribution in [0.15, 0.2) is 48.5 Å². The normalized spacial score (nSPS) is 15.0. The Hall–Kier alpha value is -2.70. The van der Waals surface area contributed by atoms with Gasteiger partial charge in [0.25, 0.3) is 0 Å². The van der Waals surface area contributed by atoms with E-state index in [1.807, 2.05) is 19.1 Å². The third kappa shape index (κ3) is 5.56. The quantitative estimate of drug-likeness (QED) is 0.565. The largest absolute Gasteiger partial charge is 0.496 e. The zero-order chi connectivity index (χ0) is 22.5. The van der Waals surface area contributed by atoms with E-state index in [9.17, 15) is 4.79 Å². The van der Waals surface area contributed by atoms with Gasteiger partial charge in [-0.3, -0.25) is 9.69 Å². The van der Waals surface area contributed by atoms with Crippen LogP contribution in [0.2, 0.25) is 0 Å². The van der Waals surface area contributed by atoms with Gasteiger partial charge in [0.05, 0.1) is 24.2 Å². The molecule has 1 aliphatic rings. The maximum Gasteiger partial charge on any atom is 0.225 e. The van der Waals surface area contributed by atoms with Crippen molar-refractivity contribution in [1.82, 2.24) is 15.2 Å². The van der Waals surface area contributed by atoms with E-state index in [4.69, 9.17) is 9.72 Å². The van der Waals surface area contributed by atoms with Gasteiger partial charge >= 0.3 is 0 Å². The monoisotopic (exact) mass is 449 g/mol. The molecule has 1 aliphatic heterocycles. The van der Waals surface area contributed by atoms with Crippen molar-refractivity contribution in [3.05, 3.63) is 69.5 Å². The van der Waals surface area contributed by atoms with Gasteiger partial charge in [0.15, 0.2) is 0 Å². The average molecular weight is 450 g/mol. The van der Waals surface area contributed by atoms with Crippen molar-refractivity contribution in [2.24, 2.45) is 0 Å². The number of para-hydroxylation sites is 1. The Morgan fingerprint density at radius 1 is 1.12 bits per heavy atom. The number of aryl methyl sites for hydroxylation is 2. The Labute approximate surface area is 194 Å². The van der Waals surface area contributed by atoms with Crippen molar-refractivity contribution in [2.75, 3.05) is 20.2 Å². The summed E-state index contributed by atoms with van der Waals surface area (Å²) in [5.41, 5.74) is 4.44. The van der Waals surface area contributed by atoms with E-state index < -0.39 is 0 Å². The van der Waals surface area contributed by atoms with E-state index in [1.165, 1.54) is 11.1 Å². The average Bonchev–Trinajstić information content (AvgIpc) is 3.15. The molecule has 2 aromatic carbocycles. The van der Waals surface area contributed by atoms with Crippen LogP contribution >= 0.6 is 11.3 Å². The van der Waals surface area contributed by atoms with Gasteiger partial charge in [0, 0.05) is 41.7 Å². The molecule has 4 rings (SSSR count). The summed E-state index contributed by atoms with van der Waals surface area (Å²) >= 11 is 1.62. The topological polar surface area (TPSA) is 54.5 Å². The van der Waals surface area contributed by atoms with Gasteiger partial charge in [-0.05, 0) is 32.8 Å². The van der Waals surface area contributed by atoms with E-state index >= 15 is 0 Å². The number of ether oxygens (including phenoxy) is 1. The molecule has 0 saturated carbocycles. The standard InChI is InChI=1S/C26H31N3O2S/c1-18-8-10-20(11-9-18)26-24(32-19(2)27-26)16-25(30)28-22-12-14-29(15-13-22)17-21-6-4-5-7-23(21)31-3/h4-11,22H,12-17H2,1-3H3,(H,28,30). The molecule has 1 amide bonds. The molecule has 5 nitrogen and oxygen atoms in total. The number of methoxy groups -OCH3 is 1. The lowest BCUT2D eigenvalue weighted by molar-refractivity contribution is -0.121. The maximum absolute atomic E-state index is 12.8. The van der Waals surface area contributed by atoms with Crippen LogP contribution in [0.5, 0.6) is 5.75 Å². The number of amides is 1. The van der Waals surface area contributed by atoms with Gasteiger partial charge in [-0.15, -0.1) is 11.3 Å². The van der Waals surface area contributed by atoms with E-state index in [1.54, 1.807) is 18.4 Å². The molecule has 0 bridgehead atoms. The highest BCUT2D eigenvalue weighted by Crippen LogP contribution is 2.29. The summed E-state index contributed by atoms with van der Waals surface area (Å²) in [6.45, 7) is 6.90. The van der Waals surface area contributed by atoms with Gasteiger partial charge in [0.2, 0.25) is 5.91 Å². The molecule has 0 radical (unpaired) electrons. The minimum atomic E-state index is 0.0881. The molecule has 1 N–H and O–H groups in total. The van der Waals surface area contributed by atoms with Crippen molar-refractivity contribution in [2.45, 2.75) is 45.7 Å². The minimum absolute atomic E-state index is 0.0881. The molecule has 1 saturated heterocycles. The van der Waals surface area contributed by atoms with Crippen LogP contribution in [0.25, 0.3) is 11.3 Å². The fourth-order valence-electron chi connectivity index (χ4n) is 4.26. The number of nitrogens with zero attached hydrogens (tertiary/aromatic N) is 2. The van der Waals surface area contributed by atoms with Crippen LogP contribution in [0.3, 0.4) is 0 Å². The van der Waals surface area contributed by atoms with Crippen molar-refractivity contribution in [3.8, 4) is 17.0 Å². The molecule has 1 aromatic heterocycles. The van der Waals surface area contributed by atoms with Gasteiger partial charge < -0.3 is 10.1 Å². The first-order valence-corrected chi connectivity index (χ1v) is 12.0. The van der Waals surface area contributed by atoms with Gasteiger partial charge in [-0.2, -0.15) is 0 Å². The summed E-state index contributed by atoms with van der Waals surface area (Å²) in [5, 5.41) is 4.25. The number of likely N-dealkylation sites (tertiary alicyclic amines) is 1. The van der Waals surface area contributed by atoms with Crippen LogP contribution in [0.1, 0.15) is 33.9 Å². The summed E-state index contributed by atoms with van der Waals surface area (Å²) in [7, 11) is 1.72. The number of nitrogens with one attached hydrogen (secondary N) is 1. The summed E-state index contributed by atoms with van der Waals surface area (Å²) in [4.78, 5) is 21.0. The maximum atomic E-state index is 12.8. The van der Waals surface area contributed by atoms with Crippen LogP contribution in [-0.4, -0.2) is 42.0 Å². The molecule has 2 heterocycles. The molecule has 6 heteroatoms. The Morgan fingerprint density at radius 3 is 2.56 bits per heavy atom. The van der Waals surface area contributed by atoms with Crippen LogP contribution in [0.4, 0.5) is 0 Å². The third-order valence-corrected chi connectivity index (χ3v) is 6.96. The Balaban J connectivity index is 1.31. The van der Waals surface area contributed by atoms with Crippen molar-refractivity contribution < 1.29 is 9.53 Å². The zero-order valence-corrected chi connectivity index (χ0v) is 19.9. The number of hydrogen-bond acceptors (Lipinski definition) is 5. The summed E-state index contributed by atoms with van der Waals surface area (Å²) in [5.74, 6) is 1.03. The van der Waals surface area contributed by atoms with E-state index in [0.717, 1.165) is 59.4 Å². The lowest BCUT2D eigenvalue weighted by atomic mass is 10.0. The Bertz CT molecular complexity index is 1050. The fraction of sp³-hybridized carbons (Fsp3) is 0.385. The lowest BCUT2D eigenvalue weighted by Gasteiger charge is -2.32. The minimum Gasteiger partial charge on any atom is -0.496 e. The van der Waals surface area contributed by atoms with Gasteiger partial charge in [0.1, 0.15) is 5.75 Å². The number of aromatic nitrogens is 1. The lowest BCUT2D eigenvalue weighted by Crippen LogP contribution is -2.44. The fourth-order valence-corrected chi connectivity index (χ4v) is 5.22. The molecule has 0 unspecified atom stereocenters. The highest BCUT2D eigenvalue weighted by molar-refractivity contribution is 7.12. The Kier molecular flexibility index (Phi) is 7.22. The number of carbonyl (C=O) groups is 1. The number of rotatable bonds is 7. The third-order valence-electron chi connectivity index (χ3n) is 5.99. The highest BCUT2D eigenvalue weighted by atomic mass is 32.1. The summed E-state index contributed by atoms with van der Waals surface area (Å²) in [6.07, 6.45) is 2.32. The molecule has 3 aromatic rings. The van der Waals surface area contributed by atoms with Crippen molar-refractivity contribution in [3.63, 3.8) is 0 Å². The number of thiazole rings is 1. The van der Waals surface area contributed by atoms with Crippen LogP contribution in [0, 0.1) is 13.8 Å². The van der Waals surface area contributed by atoms with E-state index in [-0.39, 0.29) is 11.9 Å². The second kappa shape index (κ2) is 10.3. The van der Waals surface area contributed by atoms with E-state index in [0.29, 0.717) is 6.42 Å².